The Kier molecular flexibility index (Phi) is 5.26. The van der Waals surface area contributed by atoms with Gasteiger partial charge in [-0.05, 0) is 45.0 Å². The van der Waals surface area contributed by atoms with E-state index in [0.717, 1.165) is 10.6 Å². The summed E-state index contributed by atoms with van der Waals surface area (Å²) in [5, 5.41) is 5.95. The topological polar surface area (TPSA) is 63.2 Å². The number of ether oxygens (including phenoxy) is 1. The van der Waals surface area contributed by atoms with Crippen LogP contribution < -0.4 is 10.6 Å². The molecule has 0 unspecified atom stereocenters. The lowest BCUT2D eigenvalue weighted by atomic mass is 10.2. The number of anilines is 2. The van der Waals surface area contributed by atoms with Crippen LogP contribution in [0.25, 0.3) is 0 Å². The lowest BCUT2D eigenvalue weighted by Crippen LogP contribution is -2.27. The molecule has 22 heavy (non-hydrogen) atoms. The number of benzene rings is 1. The first-order valence-corrected chi connectivity index (χ1v) is 7.95. The maximum Gasteiger partial charge on any atom is 0.412 e. The quantitative estimate of drug-likeness (QED) is 0.843. The average molecular weight is 340 g/mol. The van der Waals surface area contributed by atoms with E-state index >= 15 is 0 Å². The average Bonchev–Trinajstić information content (AvgIpc) is 2.81. The summed E-state index contributed by atoms with van der Waals surface area (Å²) in [6.07, 6.45) is 1.28. The molecule has 1 amide bonds. The number of halogens is 1. The first-order chi connectivity index (χ1) is 10.3. The molecule has 0 aliphatic rings. The van der Waals surface area contributed by atoms with Crippen LogP contribution in [0.2, 0.25) is 4.47 Å². The van der Waals surface area contributed by atoms with Gasteiger partial charge < -0.3 is 10.1 Å². The number of amides is 1. The number of nitrogens with zero attached hydrogens (tertiary/aromatic N) is 1. The number of rotatable bonds is 4. The van der Waals surface area contributed by atoms with Gasteiger partial charge in [-0.15, -0.1) is 11.3 Å². The van der Waals surface area contributed by atoms with Crippen molar-refractivity contribution in [3.05, 3.63) is 39.8 Å². The van der Waals surface area contributed by atoms with Crippen LogP contribution in [0.15, 0.2) is 30.5 Å². The molecular formula is C15H18ClN3O2S. The Morgan fingerprint density at radius 1 is 1.27 bits per heavy atom. The van der Waals surface area contributed by atoms with Crippen molar-refractivity contribution >= 4 is 40.4 Å². The molecule has 0 saturated carbocycles. The molecule has 0 saturated heterocycles. The molecule has 2 rings (SSSR count). The largest absolute Gasteiger partial charge is 0.444 e. The zero-order valence-electron chi connectivity index (χ0n) is 12.6. The fraction of sp³-hybridized carbons (Fsp3) is 0.333. The molecule has 0 atom stereocenters. The summed E-state index contributed by atoms with van der Waals surface area (Å²) in [5.41, 5.74) is 1.11. The maximum absolute atomic E-state index is 11.7. The first kappa shape index (κ1) is 16.6. The minimum absolute atomic E-state index is 0.465. The van der Waals surface area contributed by atoms with Crippen molar-refractivity contribution in [2.45, 2.75) is 32.9 Å². The van der Waals surface area contributed by atoms with Crippen LogP contribution in [0.5, 0.6) is 0 Å². The Labute approximate surface area is 138 Å². The van der Waals surface area contributed by atoms with Crippen molar-refractivity contribution < 1.29 is 9.53 Å². The van der Waals surface area contributed by atoms with Crippen LogP contribution in [-0.4, -0.2) is 16.7 Å². The first-order valence-electron chi connectivity index (χ1n) is 6.76. The number of carbonyl (C=O) groups is 1. The van der Waals surface area contributed by atoms with Crippen LogP contribution in [0, 0.1) is 0 Å². The van der Waals surface area contributed by atoms with Gasteiger partial charge in [-0.25, -0.2) is 9.78 Å². The van der Waals surface area contributed by atoms with Gasteiger partial charge in [0.05, 0.1) is 6.54 Å². The van der Waals surface area contributed by atoms with Gasteiger partial charge in [0.1, 0.15) is 5.60 Å². The molecule has 118 valence electrons. The molecule has 5 nitrogen and oxygen atoms in total. The number of nitrogens with one attached hydrogen (secondary N) is 2. The molecule has 2 N–H and O–H groups in total. The minimum Gasteiger partial charge on any atom is -0.444 e. The van der Waals surface area contributed by atoms with Gasteiger partial charge in [-0.1, -0.05) is 11.6 Å². The second-order valence-electron chi connectivity index (χ2n) is 5.64. The second-order valence-corrected chi connectivity index (χ2v) is 7.33. The highest BCUT2D eigenvalue weighted by molar-refractivity contribution is 7.15. The van der Waals surface area contributed by atoms with E-state index in [1.54, 1.807) is 6.20 Å². The summed E-state index contributed by atoms with van der Waals surface area (Å²) in [6.45, 7) is 6.13. The Bertz CT molecular complexity index is 635. The Morgan fingerprint density at radius 3 is 2.45 bits per heavy atom. The van der Waals surface area contributed by atoms with E-state index in [-0.39, 0.29) is 0 Å². The van der Waals surface area contributed by atoms with Crippen LogP contribution in [0.1, 0.15) is 25.6 Å². The molecule has 1 aromatic heterocycles. The van der Waals surface area contributed by atoms with E-state index in [4.69, 9.17) is 16.3 Å². The zero-order valence-corrected chi connectivity index (χ0v) is 14.2. The van der Waals surface area contributed by atoms with Gasteiger partial charge in [-0.2, -0.15) is 0 Å². The normalized spacial score (nSPS) is 11.1. The number of thiazole rings is 1. The fourth-order valence-corrected chi connectivity index (χ4v) is 2.57. The molecule has 0 aliphatic carbocycles. The summed E-state index contributed by atoms with van der Waals surface area (Å²) in [7, 11) is 0. The van der Waals surface area contributed by atoms with Gasteiger partial charge in [0.25, 0.3) is 0 Å². The highest BCUT2D eigenvalue weighted by atomic mass is 35.5. The van der Waals surface area contributed by atoms with Crippen LogP contribution in [-0.2, 0) is 11.3 Å². The Hall–Kier alpha value is -1.79. The van der Waals surface area contributed by atoms with Gasteiger partial charge in [0.15, 0.2) is 4.47 Å². The highest BCUT2D eigenvalue weighted by Gasteiger charge is 2.16. The van der Waals surface area contributed by atoms with Crippen molar-refractivity contribution in [1.29, 1.82) is 0 Å². The van der Waals surface area contributed by atoms with Gasteiger partial charge in [0, 0.05) is 22.4 Å². The summed E-state index contributed by atoms with van der Waals surface area (Å²) in [5.74, 6) is 0. The zero-order chi connectivity index (χ0) is 16.2. The SMILES string of the molecule is CC(C)(C)OC(=O)Nc1ccc(NCc2cnc(Cl)s2)cc1. The predicted octanol–water partition coefficient (Wildman–Crippen LogP) is 4.76. The molecule has 7 heteroatoms. The van der Waals surface area contributed by atoms with E-state index in [2.05, 4.69) is 15.6 Å². The van der Waals surface area contributed by atoms with Crippen LogP contribution in [0.4, 0.5) is 16.2 Å². The summed E-state index contributed by atoms with van der Waals surface area (Å²) in [4.78, 5) is 16.7. The molecule has 0 fully saturated rings. The molecule has 2 aromatic rings. The van der Waals surface area contributed by atoms with Crippen molar-refractivity contribution in [3.63, 3.8) is 0 Å². The molecule has 1 heterocycles. The van der Waals surface area contributed by atoms with Gasteiger partial charge in [0.2, 0.25) is 0 Å². The monoisotopic (exact) mass is 339 g/mol. The molecule has 0 radical (unpaired) electrons. The maximum atomic E-state index is 11.7. The Morgan fingerprint density at radius 2 is 1.91 bits per heavy atom. The van der Waals surface area contributed by atoms with Crippen LogP contribution in [0.3, 0.4) is 0 Å². The van der Waals surface area contributed by atoms with Crippen molar-refractivity contribution in [2.24, 2.45) is 0 Å². The van der Waals surface area contributed by atoms with Crippen molar-refractivity contribution in [2.75, 3.05) is 10.6 Å². The van der Waals surface area contributed by atoms with E-state index in [1.165, 1.54) is 11.3 Å². The summed E-state index contributed by atoms with van der Waals surface area (Å²) < 4.78 is 5.73. The van der Waals surface area contributed by atoms with Crippen molar-refractivity contribution in [1.82, 2.24) is 4.98 Å². The third-order valence-electron chi connectivity index (χ3n) is 2.52. The van der Waals surface area contributed by atoms with Crippen LogP contribution >= 0.6 is 22.9 Å². The third-order valence-corrected chi connectivity index (χ3v) is 3.64. The van der Waals surface area contributed by atoms with Gasteiger partial charge >= 0.3 is 6.09 Å². The molecule has 1 aromatic carbocycles. The molecular weight excluding hydrogens is 322 g/mol. The number of hydrogen-bond donors (Lipinski definition) is 2. The minimum atomic E-state index is -0.512. The molecule has 0 aliphatic heterocycles. The molecule has 0 spiro atoms. The van der Waals surface area contributed by atoms with Gasteiger partial charge in [-0.3, -0.25) is 5.32 Å². The number of carbonyl (C=O) groups excluding carboxylic acids is 1. The number of hydrogen-bond acceptors (Lipinski definition) is 5. The summed E-state index contributed by atoms with van der Waals surface area (Å²) >= 11 is 7.23. The van der Waals surface area contributed by atoms with E-state index < -0.39 is 11.7 Å². The highest BCUT2D eigenvalue weighted by Crippen LogP contribution is 2.20. The lowest BCUT2D eigenvalue weighted by molar-refractivity contribution is 0.0636. The summed E-state index contributed by atoms with van der Waals surface area (Å²) in [6, 6.07) is 7.39. The second kappa shape index (κ2) is 6.98. The number of aromatic nitrogens is 1. The lowest BCUT2D eigenvalue weighted by Gasteiger charge is -2.19. The Balaban J connectivity index is 1.86. The fourth-order valence-electron chi connectivity index (χ4n) is 1.65. The van der Waals surface area contributed by atoms with E-state index in [1.807, 2.05) is 45.0 Å². The third kappa shape index (κ3) is 5.54. The molecule has 0 bridgehead atoms. The van der Waals surface area contributed by atoms with Crippen molar-refractivity contribution in [3.8, 4) is 0 Å². The smallest absolute Gasteiger partial charge is 0.412 e. The predicted molar refractivity (Wildman–Crippen MR) is 90.7 cm³/mol. The van der Waals surface area contributed by atoms with E-state index in [0.29, 0.717) is 16.7 Å². The standard InChI is InChI=1S/C15H18ClN3O2S/c1-15(2,3)21-14(20)19-11-6-4-10(5-7-11)17-8-12-9-18-13(16)22-12/h4-7,9,17H,8H2,1-3H3,(H,19,20). The van der Waals surface area contributed by atoms with E-state index in [9.17, 15) is 4.79 Å².